The van der Waals surface area contributed by atoms with Gasteiger partial charge in [-0.2, -0.15) is 0 Å². The maximum atomic E-state index is 12.1. The molecule has 0 radical (unpaired) electrons. The molecule has 1 amide bonds. The Hall–Kier alpha value is -1.71. The Balaban J connectivity index is 1.31. The topological polar surface area (TPSA) is 47.6 Å². The van der Waals surface area contributed by atoms with Crippen LogP contribution in [0.1, 0.15) is 51.4 Å². The highest BCUT2D eigenvalue weighted by Gasteiger charge is 2.34. The van der Waals surface area contributed by atoms with Crippen LogP contribution in [0.3, 0.4) is 0 Å². The number of carbonyl (C=O) groups excluding carboxylic acids is 1. The molecular formula is C20H29NO3. The molecule has 4 nitrogen and oxygen atoms in total. The molecule has 0 saturated heterocycles. The number of methoxy groups -OCH3 is 1. The predicted molar refractivity (Wildman–Crippen MR) is 94.3 cm³/mol. The summed E-state index contributed by atoms with van der Waals surface area (Å²) in [4.78, 5) is 12.1. The van der Waals surface area contributed by atoms with Crippen LogP contribution in [0.5, 0.6) is 11.5 Å². The lowest BCUT2D eigenvalue weighted by Gasteiger charge is -2.32. The first kappa shape index (κ1) is 17.1. The van der Waals surface area contributed by atoms with Crippen LogP contribution in [0.4, 0.5) is 0 Å². The number of fused-ring (bicyclic) bond motifs is 1. The molecule has 2 aliphatic carbocycles. The normalized spacial score (nSPS) is 25.8. The van der Waals surface area contributed by atoms with Crippen LogP contribution in [0, 0.1) is 11.8 Å². The van der Waals surface area contributed by atoms with E-state index in [1.165, 1.54) is 32.1 Å². The minimum absolute atomic E-state index is 0.176. The van der Waals surface area contributed by atoms with Gasteiger partial charge in [-0.05, 0) is 61.8 Å². The van der Waals surface area contributed by atoms with Gasteiger partial charge in [0.05, 0.1) is 13.7 Å². The van der Waals surface area contributed by atoms with Crippen LogP contribution in [0.15, 0.2) is 24.3 Å². The van der Waals surface area contributed by atoms with Crippen molar-refractivity contribution in [3.63, 3.8) is 0 Å². The summed E-state index contributed by atoms with van der Waals surface area (Å²) in [5.74, 6) is 3.61. The quantitative estimate of drug-likeness (QED) is 0.770. The maximum Gasteiger partial charge on any atom is 0.220 e. The van der Waals surface area contributed by atoms with E-state index in [0.29, 0.717) is 19.1 Å². The van der Waals surface area contributed by atoms with Crippen molar-refractivity contribution >= 4 is 5.91 Å². The van der Waals surface area contributed by atoms with E-state index in [1.54, 1.807) is 7.11 Å². The first-order valence-corrected chi connectivity index (χ1v) is 9.31. The summed E-state index contributed by atoms with van der Waals surface area (Å²) in [6.45, 7) is 0.565. The molecule has 2 fully saturated rings. The minimum atomic E-state index is 0.176. The second-order valence-corrected chi connectivity index (χ2v) is 7.16. The van der Waals surface area contributed by atoms with Gasteiger partial charge in [0.2, 0.25) is 5.91 Å². The van der Waals surface area contributed by atoms with Crippen molar-refractivity contribution in [1.82, 2.24) is 5.32 Å². The van der Waals surface area contributed by atoms with Crippen molar-refractivity contribution < 1.29 is 14.3 Å². The standard InChI is InChI=1S/C20H29NO3/c1-23-18-9-11-19(12-10-18)24-13-3-6-20(22)21-17-8-7-15-4-2-5-16(15)14-17/h9-12,15-17H,2-8,13-14H2,1H3,(H,21,22)/t15-,16+,17+/m0/s1. The van der Waals surface area contributed by atoms with E-state index in [9.17, 15) is 4.79 Å². The number of hydrogen-bond acceptors (Lipinski definition) is 3. The molecule has 2 saturated carbocycles. The molecule has 0 unspecified atom stereocenters. The Kier molecular flexibility index (Phi) is 6.00. The van der Waals surface area contributed by atoms with Gasteiger partial charge in [-0.15, -0.1) is 0 Å². The summed E-state index contributed by atoms with van der Waals surface area (Å²) >= 11 is 0. The smallest absolute Gasteiger partial charge is 0.220 e. The van der Waals surface area contributed by atoms with Gasteiger partial charge in [-0.25, -0.2) is 0 Å². The highest BCUT2D eigenvalue weighted by Crippen LogP contribution is 2.42. The molecular weight excluding hydrogens is 302 g/mol. The Bertz CT molecular complexity index is 528. The summed E-state index contributed by atoms with van der Waals surface area (Å²) in [5, 5.41) is 3.23. The van der Waals surface area contributed by atoms with Crippen molar-refractivity contribution in [3.05, 3.63) is 24.3 Å². The summed E-state index contributed by atoms with van der Waals surface area (Å²) in [7, 11) is 1.65. The molecule has 2 aliphatic rings. The zero-order valence-electron chi connectivity index (χ0n) is 14.6. The summed E-state index contributed by atoms with van der Waals surface area (Å²) in [5.41, 5.74) is 0. The first-order valence-electron chi connectivity index (χ1n) is 9.31. The summed E-state index contributed by atoms with van der Waals surface area (Å²) in [6, 6.07) is 7.93. The third kappa shape index (κ3) is 4.65. The second kappa shape index (κ2) is 8.41. The van der Waals surface area contributed by atoms with Crippen LogP contribution < -0.4 is 14.8 Å². The van der Waals surface area contributed by atoms with Crippen molar-refractivity contribution in [3.8, 4) is 11.5 Å². The number of nitrogens with one attached hydrogen (secondary N) is 1. The van der Waals surface area contributed by atoms with Gasteiger partial charge in [0.15, 0.2) is 0 Å². The van der Waals surface area contributed by atoms with Gasteiger partial charge in [-0.3, -0.25) is 4.79 Å². The molecule has 3 rings (SSSR count). The molecule has 24 heavy (non-hydrogen) atoms. The molecule has 132 valence electrons. The maximum absolute atomic E-state index is 12.1. The number of rotatable bonds is 7. The monoisotopic (exact) mass is 331 g/mol. The molecule has 1 aromatic rings. The Morgan fingerprint density at radius 3 is 2.62 bits per heavy atom. The molecule has 1 aromatic carbocycles. The Morgan fingerprint density at radius 2 is 1.83 bits per heavy atom. The lowest BCUT2D eigenvalue weighted by molar-refractivity contribution is -0.122. The van der Waals surface area contributed by atoms with Crippen LogP contribution in [-0.2, 0) is 4.79 Å². The zero-order valence-corrected chi connectivity index (χ0v) is 14.6. The van der Waals surface area contributed by atoms with Crippen molar-refractivity contribution in [1.29, 1.82) is 0 Å². The van der Waals surface area contributed by atoms with Crippen molar-refractivity contribution in [2.24, 2.45) is 11.8 Å². The van der Waals surface area contributed by atoms with Gasteiger partial charge in [0.1, 0.15) is 11.5 Å². The number of amides is 1. The average Bonchev–Trinajstić information content (AvgIpc) is 3.07. The lowest BCUT2D eigenvalue weighted by atomic mass is 9.79. The Labute approximate surface area is 144 Å². The van der Waals surface area contributed by atoms with E-state index in [-0.39, 0.29) is 5.91 Å². The van der Waals surface area contributed by atoms with Crippen LogP contribution in [0.25, 0.3) is 0 Å². The third-order valence-electron chi connectivity index (χ3n) is 5.53. The molecule has 1 N–H and O–H groups in total. The third-order valence-corrected chi connectivity index (χ3v) is 5.53. The number of benzene rings is 1. The van der Waals surface area contributed by atoms with Crippen LogP contribution in [0.2, 0.25) is 0 Å². The van der Waals surface area contributed by atoms with Crippen molar-refractivity contribution in [2.75, 3.05) is 13.7 Å². The second-order valence-electron chi connectivity index (χ2n) is 7.16. The van der Waals surface area contributed by atoms with Gasteiger partial charge in [-0.1, -0.05) is 19.3 Å². The fourth-order valence-corrected chi connectivity index (χ4v) is 4.23. The van der Waals surface area contributed by atoms with Gasteiger partial charge >= 0.3 is 0 Å². The summed E-state index contributed by atoms with van der Waals surface area (Å²) < 4.78 is 10.8. The molecule has 3 atom stereocenters. The molecule has 0 spiro atoms. The number of hydrogen-bond donors (Lipinski definition) is 1. The van der Waals surface area contributed by atoms with E-state index in [2.05, 4.69) is 5.32 Å². The van der Waals surface area contributed by atoms with Crippen LogP contribution in [-0.4, -0.2) is 25.7 Å². The van der Waals surface area contributed by atoms with E-state index in [1.807, 2.05) is 24.3 Å². The van der Waals surface area contributed by atoms with E-state index in [4.69, 9.17) is 9.47 Å². The fourth-order valence-electron chi connectivity index (χ4n) is 4.23. The molecule has 0 aromatic heterocycles. The highest BCUT2D eigenvalue weighted by atomic mass is 16.5. The highest BCUT2D eigenvalue weighted by molar-refractivity contribution is 5.76. The van der Waals surface area contributed by atoms with Crippen molar-refractivity contribution in [2.45, 2.75) is 57.4 Å². The molecule has 0 bridgehead atoms. The zero-order chi connectivity index (χ0) is 16.8. The van der Waals surface area contributed by atoms with E-state index in [0.717, 1.165) is 36.2 Å². The SMILES string of the molecule is COc1ccc(OCCCC(=O)N[C@@H]2CC[C@@H]3CCC[C@@H]3C2)cc1. The molecule has 4 heteroatoms. The van der Waals surface area contributed by atoms with Crippen LogP contribution >= 0.6 is 0 Å². The molecule has 0 heterocycles. The summed E-state index contributed by atoms with van der Waals surface area (Å²) in [6.07, 6.45) is 9.11. The van der Waals surface area contributed by atoms with E-state index < -0.39 is 0 Å². The fraction of sp³-hybridized carbons (Fsp3) is 0.650. The van der Waals surface area contributed by atoms with Gasteiger partial charge in [0.25, 0.3) is 0 Å². The number of ether oxygens (including phenoxy) is 2. The van der Waals surface area contributed by atoms with Gasteiger partial charge in [0, 0.05) is 12.5 Å². The average molecular weight is 331 g/mol. The number of carbonyl (C=O) groups is 1. The minimum Gasteiger partial charge on any atom is -0.497 e. The lowest BCUT2D eigenvalue weighted by Crippen LogP contribution is -2.39. The Morgan fingerprint density at radius 1 is 1.08 bits per heavy atom. The van der Waals surface area contributed by atoms with Gasteiger partial charge < -0.3 is 14.8 Å². The first-order chi connectivity index (χ1) is 11.7. The van der Waals surface area contributed by atoms with E-state index >= 15 is 0 Å². The largest absolute Gasteiger partial charge is 0.497 e. The molecule has 0 aliphatic heterocycles. The predicted octanol–water partition coefficient (Wildman–Crippen LogP) is 3.94.